The Bertz CT molecular complexity index is 1590. The molecule has 190 valence electrons. The van der Waals surface area contributed by atoms with Crippen LogP contribution >= 0.6 is 11.5 Å². The van der Waals surface area contributed by atoms with Gasteiger partial charge >= 0.3 is 12.1 Å². The fourth-order valence-corrected chi connectivity index (χ4v) is 5.76. The fraction of sp³-hybridized carbons (Fsp3) is 0.364. The lowest BCUT2D eigenvalue weighted by molar-refractivity contribution is -0.289. The van der Waals surface area contributed by atoms with Crippen LogP contribution in [0.4, 0.5) is 22.0 Å². The van der Waals surface area contributed by atoms with Crippen molar-refractivity contribution < 1.29 is 26.2 Å². The summed E-state index contributed by atoms with van der Waals surface area (Å²) in [6, 6.07) is 4.13. The normalized spacial score (nSPS) is 16.4. The highest BCUT2D eigenvalue weighted by atomic mass is 32.2. The quantitative estimate of drug-likeness (QED) is 0.297. The maximum Gasteiger partial charge on any atom is 0.458 e. The first-order valence-electron chi connectivity index (χ1n) is 10.8. The van der Waals surface area contributed by atoms with Crippen molar-refractivity contribution in [2.24, 2.45) is 7.05 Å². The van der Waals surface area contributed by atoms with Gasteiger partial charge in [-0.05, 0) is 48.5 Å². The maximum absolute atomic E-state index is 13.9. The second-order valence-electron chi connectivity index (χ2n) is 8.56. The lowest BCUT2D eigenvalue weighted by Gasteiger charge is -2.19. The first kappa shape index (κ1) is 24.7. The van der Waals surface area contributed by atoms with E-state index in [1.54, 1.807) is 13.0 Å². The van der Waals surface area contributed by atoms with Crippen LogP contribution in [0.25, 0.3) is 33.9 Å². The maximum atomic E-state index is 13.9. The van der Waals surface area contributed by atoms with Crippen molar-refractivity contribution in [2.45, 2.75) is 42.7 Å². The zero-order valence-electron chi connectivity index (χ0n) is 18.9. The molecule has 4 aromatic rings. The molecule has 0 bridgehead atoms. The first-order chi connectivity index (χ1) is 16.8. The summed E-state index contributed by atoms with van der Waals surface area (Å²) < 4.78 is 93.7. The third kappa shape index (κ3) is 4.05. The topological polar surface area (TPSA) is 97.4 Å². The smallest absolute Gasteiger partial charge is 0.310 e. The van der Waals surface area contributed by atoms with E-state index in [4.69, 9.17) is 4.78 Å². The van der Waals surface area contributed by atoms with Crippen LogP contribution in [-0.2, 0) is 22.7 Å². The molecule has 1 fully saturated rings. The summed E-state index contributed by atoms with van der Waals surface area (Å²) in [6.07, 6.45) is -1.63. The Kier molecular flexibility index (Phi) is 5.67. The number of pyridine rings is 2. The van der Waals surface area contributed by atoms with E-state index in [9.17, 15) is 26.2 Å². The predicted molar refractivity (Wildman–Crippen MR) is 124 cm³/mol. The number of halogens is 5. The van der Waals surface area contributed by atoms with Crippen LogP contribution in [0.5, 0.6) is 0 Å². The molecule has 4 aromatic heterocycles. The summed E-state index contributed by atoms with van der Waals surface area (Å²) in [6.45, 7) is 1.59. The van der Waals surface area contributed by atoms with Gasteiger partial charge in [-0.3, -0.25) is 4.98 Å². The summed E-state index contributed by atoms with van der Waals surface area (Å²) in [7, 11) is -1.85. The molecule has 0 aromatic carbocycles. The van der Waals surface area contributed by atoms with Gasteiger partial charge in [0.2, 0.25) is 0 Å². The summed E-state index contributed by atoms with van der Waals surface area (Å²) in [4.78, 5) is 13.6. The third-order valence-electron chi connectivity index (χ3n) is 6.06. The van der Waals surface area contributed by atoms with Crippen molar-refractivity contribution in [3.05, 3.63) is 41.0 Å². The molecule has 1 aliphatic carbocycles. The first-order valence-corrected chi connectivity index (χ1v) is 13.3. The van der Waals surface area contributed by atoms with E-state index in [1.165, 1.54) is 29.3 Å². The fourth-order valence-electron chi connectivity index (χ4n) is 3.77. The van der Waals surface area contributed by atoms with Crippen LogP contribution in [0.3, 0.4) is 0 Å². The van der Waals surface area contributed by atoms with Crippen molar-refractivity contribution in [1.82, 2.24) is 23.9 Å². The summed E-state index contributed by atoms with van der Waals surface area (Å²) in [5.41, 5.74) is -0.266. The molecule has 36 heavy (non-hydrogen) atoms. The van der Waals surface area contributed by atoms with Gasteiger partial charge in [0.05, 0.1) is 25.9 Å². The van der Waals surface area contributed by atoms with Gasteiger partial charge in [-0.2, -0.15) is 26.3 Å². The van der Waals surface area contributed by atoms with Crippen molar-refractivity contribution in [3.8, 4) is 22.8 Å². The molecular weight excluding hydrogens is 523 g/mol. The molecule has 0 saturated heterocycles. The second-order valence-corrected chi connectivity index (χ2v) is 11.8. The molecule has 0 aliphatic heterocycles. The Labute approximate surface area is 206 Å². The molecule has 4 heterocycles. The van der Waals surface area contributed by atoms with E-state index < -0.39 is 27.4 Å². The van der Waals surface area contributed by atoms with Crippen molar-refractivity contribution in [2.75, 3.05) is 5.75 Å². The summed E-state index contributed by atoms with van der Waals surface area (Å²) in [5, 5.41) is 0. The molecule has 1 aliphatic rings. The van der Waals surface area contributed by atoms with Crippen LogP contribution in [0.1, 0.15) is 36.1 Å². The number of nitrogens with one attached hydrogen (secondary N) is 1. The number of fused-ring (bicyclic) bond motifs is 1. The molecular formula is C22H19F5N6OS2. The van der Waals surface area contributed by atoms with E-state index in [2.05, 4.69) is 19.3 Å². The second kappa shape index (κ2) is 8.26. The van der Waals surface area contributed by atoms with Gasteiger partial charge in [0.1, 0.15) is 11.2 Å². The van der Waals surface area contributed by atoms with Crippen molar-refractivity contribution >= 4 is 32.4 Å². The molecule has 1 unspecified atom stereocenters. The largest absolute Gasteiger partial charge is 0.458 e. The average molecular weight is 543 g/mol. The Balaban J connectivity index is 1.65. The monoisotopic (exact) mass is 542 g/mol. The number of hydrogen-bond acceptors (Lipinski definition) is 7. The molecule has 1 atom stereocenters. The Morgan fingerprint density at radius 3 is 2.50 bits per heavy atom. The molecule has 14 heteroatoms. The highest BCUT2D eigenvalue weighted by molar-refractivity contribution is 7.92. The number of alkyl halides is 5. The highest BCUT2D eigenvalue weighted by Crippen LogP contribution is 2.45. The van der Waals surface area contributed by atoms with Crippen LogP contribution in [0.2, 0.25) is 0 Å². The van der Waals surface area contributed by atoms with Gasteiger partial charge in [0.15, 0.2) is 11.5 Å². The van der Waals surface area contributed by atoms with Gasteiger partial charge < -0.3 is 4.57 Å². The lowest BCUT2D eigenvalue weighted by Crippen LogP contribution is -2.33. The standard InChI is InChI=1S/C22H19F5N6OS2/c1-3-36(28,34)17-6-12(14-8-16(35-32-14)11-4-5-11)9-29-18(17)20-31-15-7-13(10-30-19(15)33(20)2)21(23,24)22(25,26)27/h6-11,28H,3-5H2,1-2H3. The number of imidazole rings is 1. The Hall–Kier alpha value is -3.00. The van der Waals surface area contributed by atoms with Gasteiger partial charge in [-0.25, -0.2) is 19.0 Å². The van der Waals surface area contributed by atoms with Gasteiger partial charge in [0.25, 0.3) is 0 Å². The van der Waals surface area contributed by atoms with Crippen LogP contribution in [-0.4, -0.2) is 40.0 Å². The van der Waals surface area contributed by atoms with Crippen LogP contribution in [0, 0.1) is 4.78 Å². The van der Waals surface area contributed by atoms with Crippen molar-refractivity contribution in [3.63, 3.8) is 0 Å². The van der Waals surface area contributed by atoms with Gasteiger partial charge in [0, 0.05) is 35.6 Å². The minimum atomic E-state index is -5.79. The average Bonchev–Trinajstić information content (AvgIpc) is 3.47. The van der Waals surface area contributed by atoms with Gasteiger partial charge in [-0.15, -0.1) is 0 Å². The highest BCUT2D eigenvalue weighted by Gasteiger charge is 2.59. The third-order valence-corrected chi connectivity index (χ3v) is 8.84. The molecule has 0 amide bonds. The number of rotatable bonds is 6. The van der Waals surface area contributed by atoms with Crippen LogP contribution < -0.4 is 0 Å². The molecule has 0 spiro atoms. The predicted octanol–water partition coefficient (Wildman–Crippen LogP) is 6.11. The molecule has 7 nitrogen and oxygen atoms in total. The zero-order valence-corrected chi connectivity index (χ0v) is 20.6. The molecule has 5 rings (SSSR count). The number of aryl methyl sites for hydroxylation is 1. The SMILES string of the molecule is CCS(=N)(=O)c1cc(-c2cc(C3CC3)sn2)cnc1-c1nc2cc(C(F)(F)C(F)(F)F)cnc2n1C. The summed E-state index contributed by atoms with van der Waals surface area (Å²) in [5.74, 6) is -4.60. The van der Waals surface area contributed by atoms with E-state index in [0.717, 1.165) is 17.7 Å². The van der Waals surface area contributed by atoms with E-state index in [0.29, 0.717) is 29.4 Å². The minimum Gasteiger partial charge on any atom is -0.310 e. The number of nitrogens with zero attached hydrogens (tertiary/aromatic N) is 5. The Morgan fingerprint density at radius 2 is 1.86 bits per heavy atom. The molecule has 1 saturated carbocycles. The number of aromatic nitrogens is 5. The van der Waals surface area contributed by atoms with E-state index in [-0.39, 0.29) is 33.3 Å². The minimum absolute atomic E-state index is 0.0281. The number of hydrogen-bond donors (Lipinski definition) is 1. The molecule has 0 radical (unpaired) electrons. The zero-order chi connectivity index (χ0) is 26.0. The lowest BCUT2D eigenvalue weighted by atomic mass is 10.1. The van der Waals surface area contributed by atoms with Crippen molar-refractivity contribution in [1.29, 1.82) is 4.78 Å². The van der Waals surface area contributed by atoms with Gasteiger partial charge in [-0.1, -0.05) is 6.92 Å². The summed E-state index contributed by atoms with van der Waals surface area (Å²) >= 11 is 1.38. The molecule has 1 N–H and O–H groups in total. The van der Waals surface area contributed by atoms with E-state index in [1.807, 2.05) is 6.07 Å². The Morgan fingerprint density at radius 1 is 1.14 bits per heavy atom. The van der Waals surface area contributed by atoms with Crippen LogP contribution in [0.15, 0.2) is 35.5 Å². The van der Waals surface area contributed by atoms with E-state index >= 15 is 0 Å².